The van der Waals surface area contributed by atoms with Gasteiger partial charge in [0.1, 0.15) is 0 Å². The molecule has 0 saturated carbocycles. The van der Waals surface area contributed by atoms with E-state index in [0.29, 0.717) is 27.8 Å². The molecule has 0 atom stereocenters. The molecule has 0 amide bonds. The third kappa shape index (κ3) is 8.67. The van der Waals surface area contributed by atoms with Crippen LogP contribution in [-0.4, -0.2) is 9.13 Å². The highest BCUT2D eigenvalue weighted by molar-refractivity contribution is 6.14. The number of fused-ring (bicyclic) bond motifs is 6. The van der Waals surface area contributed by atoms with Crippen LogP contribution >= 0.6 is 0 Å². The second-order valence-corrected chi connectivity index (χ2v) is 21.0. The van der Waals surface area contributed by atoms with Crippen molar-refractivity contribution >= 4 is 43.6 Å². The molecule has 0 saturated heterocycles. The van der Waals surface area contributed by atoms with Crippen molar-refractivity contribution in [1.82, 2.24) is 9.13 Å². The number of hydrogen-bond donors (Lipinski definition) is 0. The molecule has 11 aromatic carbocycles. The van der Waals surface area contributed by atoms with E-state index in [1.165, 1.54) is 28.3 Å². The van der Waals surface area contributed by atoms with Gasteiger partial charge in [0.05, 0.1) is 62.3 Å². The van der Waals surface area contributed by atoms with Crippen molar-refractivity contribution in [3.8, 4) is 90.3 Å². The molecule has 0 aliphatic heterocycles. The largest absolute Gasteiger partial charge is 0.416 e. The van der Waals surface area contributed by atoms with E-state index in [0.717, 1.165) is 112 Å². The van der Waals surface area contributed by atoms with Crippen LogP contribution < -0.4 is 0 Å². The van der Waals surface area contributed by atoms with Gasteiger partial charge in [-0.05, 0) is 174 Å². The third-order valence-electron chi connectivity index (χ3n) is 15.7. The lowest BCUT2D eigenvalue weighted by atomic mass is 9.92. The summed E-state index contributed by atoms with van der Waals surface area (Å²) in [5.74, 6) is 0. The van der Waals surface area contributed by atoms with Crippen molar-refractivity contribution in [2.24, 2.45) is 0 Å². The van der Waals surface area contributed by atoms with Crippen LogP contribution in [0.3, 0.4) is 0 Å². The van der Waals surface area contributed by atoms with Gasteiger partial charge >= 0.3 is 6.18 Å². The number of alkyl halides is 3. The van der Waals surface area contributed by atoms with Crippen LogP contribution in [-0.2, 0) is 6.18 Å². The zero-order valence-electron chi connectivity index (χ0n) is 44.3. The summed E-state index contributed by atoms with van der Waals surface area (Å²) in [5.41, 5.74) is 20.3. The predicted molar refractivity (Wildman–Crippen MR) is 321 cm³/mol. The minimum absolute atomic E-state index is 0.107. The minimum atomic E-state index is -4.65. The van der Waals surface area contributed by atoms with Gasteiger partial charge in [-0.25, -0.2) is 0 Å². The molecule has 2 aromatic heterocycles. The van der Waals surface area contributed by atoms with Crippen LogP contribution in [0.1, 0.15) is 38.9 Å². The highest BCUT2D eigenvalue weighted by Gasteiger charge is 2.31. The van der Waals surface area contributed by atoms with Crippen LogP contribution in [0.5, 0.6) is 0 Å². The van der Waals surface area contributed by atoms with Gasteiger partial charge in [-0.2, -0.15) is 23.7 Å². The molecule has 0 radical (unpaired) electrons. The van der Waals surface area contributed by atoms with Crippen LogP contribution in [0.15, 0.2) is 224 Å². The Labute approximate surface area is 461 Å². The molecule has 0 spiro atoms. The summed E-state index contributed by atoms with van der Waals surface area (Å²) in [5, 5.41) is 25.4. The van der Waals surface area contributed by atoms with E-state index in [1.54, 1.807) is 0 Å². The Kier molecular flexibility index (Phi) is 11.9. The first-order valence-corrected chi connectivity index (χ1v) is 26.6. The Balaban J connectivity index is 1.12. The maximum Gasteiger partial charge on any atom is 0.416 e. The van der Waals surface area contributed by atoms with Crippen LogP contribution in [0.4, 0.5) is 13.2 Å². The average molecular weight is 1040 g/mol. The van der Waals surface area contributed by atoms with Gasteiger partial charge in [0.15, 0.2) is 0 Å². The fourth-order valence-electron chi connectivity index (χ4n) is 11.5. The Morgan fingerprint density at radius 2 is 0.650 bits per heavy atom. The molecular weight excluding hydrogens is 990 g/mol. The molecule has 13 rings (SSSR count). The van der Waals surface area contributed by atoms with Gasteiger partial charge in [-0.3, -0.25) is 0 Å². The van der Waals surface area contributed by atoms with Gasteiger partial charge in [0, 0.05) is 32.7 Å². The minimum Gasteiger partial charge on any atom is -0.309 e. The topological polar surface area (TPSA) is 57.4 Å². The van der Waals surface area contributed by atoms with E-state index in [2.05, 4.69) is 219 Å². The number of benzene rings is 11. The monoisotopic (exact) mass is 1040 g/mol. The van der Waals surface area contributed by atoms with Gasteiger partial charge in [-0.15, -0.1) is 0 Å². The Morgan fingerprint density at radius 1 is 0.312 bits per heavy atom. The molecule has 382 valence electrons. The van der Waals surface area contributed by atoms with Crippen molar-refractivity contribution in [3.05, 3.63) is 263 Å². The van der Waals surface area contributed by atoms with Gasteiger partial charge < -0.3 is 9.13 Å². The molecule has 2 heterocycles. The zero-order chi connectivity index (χ0) is 55.0. The van der Waals surface area contributed by atoms with E-state index in [4.69, 9.17) is 0 Å². The zero-order valence-corrected chi connectivity index (χ0v) is 44.3. The van der Waals surface area contributed by atoms with Crippen LogP contribution in [0.25, 0.3) is 122 Å². The lowest BCUT2D eigenvalue weighted by molar-refractivity contribution is -0.137. The second kappa shape index (κ2) is 19.4. The third-order valence-corrected chi connectivity index (χ3v) is 15.7. The number of nitriles is 2. The molecule has 80 heavy (non-hydrogen) atoms. The number of halogens is 3. The average Bonchev–Trinajstić information content (AvgIpc) is 4.08. The molecule has 0 N–H and O–H groups in total. The summed E-state index contributed by atoms with van der Waals surface area (Å²) in [7, 11) is 0. The Bertz CT molecular complexity index is 4510. The van der Waals surface area contributed by atoms with Gasteiger partial charge in [0.25, 0.3) is 0 Å². The summed E-state index contributed by atoms with van der Waals surface area (Å²) in [6.07, 6.45) is -4.65. The highest BCUT2D eigenvalue weighted by Crippen LogP contribution is 2.46. The number of rotatable bonds is 8. The van der Waals surface area contributed by atoms with Crippen LogP contribution in [0, 0.1) is 50.4 Å². The standard InChI is InChI=1S/C73H49F3N4/c1-44-5-14-49(15-6-44)53-22-30-68-62(37-53)63-38-54(50-16-7-45(2)8-17-50)23-31-69(63)79(68)67-29-13-48(42-77)35-61(67)66-41-57(60-28-27-59(73(74,75)76)36-58(60)43-78)26-34-72(66)80-70-32-24-55(51-18-9-46(3)10-19-51)39-64(70)65-40-56(25-33-71(65)80)52-20-11-47(4)12-21-52/h5-41H,1-4H3. The highest BCUT2D eigenvalue weighted by atomic mass is 19.4. The summed E-state index contributed by atoms with van der Waals surface area (Å²) in [6.45, 7) is 8.33. The first-order valence-electron chi connectivity index (χ1n) is 26.6. The molecule has 0 fully saturated rings. The fourth-order valence-corrected chi connectivity index (χ4v) is 11.5. The van der Waals surface area contributed by atoms with E-state index in [9.17, 15) is 23.7 Å². The smallest absolute Gasteiger partial charge is 0.309 e. The summed E-state index contributed by atoms with van der Waals surface area (Å²) >= 11 is 0. The second-order valence-electron chi connectivity index (χ2n) is 21.0. The van der Waals surface area contributed by atoms with Crippen molar-refractivity contribution < 1.29 is 13.2 Å². The predicted octanol–water partition coefficient (Wildman–Crippen LogP) is 19.9. The molecule has 4 nitrogen and oxygen atoms in total. The van der Waals surface area contributed by atoms with E-state index in [1.807, 2.05) is 36.4 Å². The van der Waals surface area contributed by atoms with E-state index < -0.39 is 11.7 Å². The van der Waals surface area contributed by atoms with E-state index in [-0.39, 0.29) is 5.56 Å². The quantitative estimate of drug-likeness (QED) is 0.152. The first kappa shape index (κ1) is 49.4. The number of aromatic nitrogens is 2. The van der Waals surface area contributed by atoms with Crippen molar-refractivity contribution in [2.45, 2.75) is 33.9 Å². The molecule has 13 aromatic rings. The Morgan fingerprint density at radius 3 is 1.00 bits per heavy atom. The number of nitrogens with zero attached hydrogens (tertiary/aromatic N) is 4. The molecule has 0 unspecified atom stereocenters. The summed E-state index contributed by atoms with van der Waals surface area (Å²) in [6, 6.07) is 79.9. The molecule has 0 aliphatic carbocycles. The molecule has 0 aliphatic rings. The number of hydrogen-bond acceptors (Lipinski definition) is 2. The molecular formula is C73H49F3N4. The fraction of sp³-hybridized carbons (Fsp3) is 0.0685. The number of aryl methyl sites for hydroxylation is 4. The van der Waals surface area contributed by atoms with Gasteiger partial charge in [-0.1, -0.05) is 156 Å². The van der Waals surface area contributed by atoms with Crippen molar-refractivity contribution in [1.29, 1.82) is 10.5 Å². The Hall–Kier alpha value is -10.2. The molecule has 0 bridgehead atoms. The molecule has 7 heteroatoms. The van der Waals surface area contributed by atoms with Crippen LogP contribution in [0.2, 0.25) is 0 Å². The summed E-state index contributed by atoms with van der Waals surface area (Å²) < 4.78 is 47.2. The lowest BCUT2D eigenvalue weighted by Crippen LogP contribution is -2.05. The van der Waals surface area contributed by atoms with Crippen molar-refractivity contribution in [2.75, 3.05) is 0 Å². The lowest BCUT2D eigenvalue weighted by Gasteiger charge is -2.20. The van der Waals surface area contributed by atoms with E-state index >= 15 is 0 Å². The normalized spacial score (nSPS) is 11.7. The SMILES string of the molecule is Cc1ccc(-c2ccc3c(c2)c2cc(-c4ccc(C)cc4)ccc2n3-c2ccc(C#N)cc2-c2cc(-c3ccc(C(F)(F)F)cc3C#N)ccc2-n2c3ccc(-c4ccc(C)cc4)cc3c3cc(-c4ccc(C)cc4)ccc32)cc1. The summed E-state index contributed by atoms with van der Waals surface area (Å²) in [4.78, 5) is 0. The first-order chi connectivity index (χ1) is 38.8. The maximum absolute atomic E-state index is 14.2. The van der Waals surface area contributed by atoms with Crippen molar-refractivity contribution in [3.63, 3.8) is 0 Å². The maximum atomic E-state index is 14.2. The van der Waals surface area contributed by atoms with Gasteiger partial charge in [0.2, 0.25) is 0 Å².